The van der Waals surface area contributed by atoms with E-state index in [9.17, 15) is 14.9 Å². The summed E-state index contributed by atoms with van der Waals surface area (Å²) < 4.78 is 10.1. The number of rotatable bonds is 4. The Balaban J connectivity index is 2.54. The Kier molecular flexibility index (Phi) is 3.05. The standard InChI is InChI=1S/C11H11NO6/c1-2-7(11(13)14)6-3-8(12(15)16)10-9(4-6)17-5-18-10/h3-4,7H,2,5H2,1H3,(H,13,14). The second-order valence-electron chi connectivity index (χ2n) is 3.83. The highest BCUT2D eigenvalue weighted by Gasteiger charge is 2.30. The lowest BCUT2D eigenvalue weighted by Gasteiger charge is -2.10. The van der Waals surface area contributed by atoms with Crippen molar-refractivity contribution in [3.05, 3.63) is 27.8 Å². The fourth-order valence-electron chi connectivity index (χ4n) is 1.90. The van der Waals surface area contributed by atoms with Crippen LogP contribution < -0.4 is 9.47 Å². The van der Waals surface area contributed by atoms with E-state index in [0.717, 1.165) is 0 Å². The summed E-state index contributed by atoms with van der Waals surface area (Å²) in [6.45, 7) is 1.61. The number of carboxylic acids is 1. The van der Waals surface area contributed by atoms with Gasteiger partial charge in [0.25, 0.3) is 0 Å². The minimum absolute atomic E-state index is 0.0593. The summed E-state index contributed by atoms with van der Waals surface area (Å²) in [5.41, 5.74) is 0.0839. The molecular formula is C11H11NO6. The summed E-state index contributed by atoms with van der Waals surface area (Å²) in [6, 6.07) is 2.72. The molecule has 1 atom stereocenters. The summed E-state index contributed by atoms with van der Waals surface area (Å²) in [5.74, 6) is -1.54. The number of benzene rings is 1. The van der Waals surface area contributed by atoms with Gasteiger partial charge in [-0.05, 0) is 18.1 Å². The number of hydrogen-bond donors (Lipinski definition) is 1. The van der Waals surface area contributed by atoms with Crippen molar-refractivity contribution < 1.29 is 24.3 Å². The largest absolute Gasteiger partial charge is 0.481 e. The molecule has 0 amide bonds. The van der Waals surface area contributed by atoms with Crippen LogP contribution in [0.4, 0.5) is 5.69 Å². The van der Waals surface area contributed by atoms with E-state index in [0.29, 0.717) is 12.0 Å². The van der Waals surface area contributed by atoms with Gasteiger partial charge in [-0.15, -0.1) is 0 Å². The van der Waals surface area contributed by atoms with Gasteiger partial charge in [-0.2, -0.15) is 0 Å². The van der Waals surface area contributed by atoms with Crippen molar-refractivity contribution in [2.45, 2.75) is 19.3 Å². The minimum atomic E-state index is -1.02. The number of fused-ring (bicyclic) bond motifs is 1. The Morgan fingerprint density at radius 1 is 1.56 bits per heavy atom. The zero-order valence-electron chi connectivity index (χ0n) is 9.58. The van der Waals surface area contributed by atoms with E-state index >= 15 is 0 Å². The van der Waals surface area contributed by atoms with Gasteiger partial charge in [0.15, 0.2) is 5.75 Å². The normalized spacial score (nSPS) is 14.3. The number of carbonyl (C=O) groups is 1. The molecule has 2 rings (SSSR count). The third kappa shape index (κ3) is 1.94. The number of hydrogen-bond acceptors (Lipinski definition) is 5. The number of nitrogens with zero attached hydrogens (tertiary/aromatic N) is 1. The number of nitro benzene ring substituents is 1. The maximum absolute atomic E-state index is 11.1. The highest BCUT2D eigenvalue weighted by molar-refractivity contribution is 5.77. The first-order valence-corrected chi connectivity index (χ1v) is 5.35. The molecule has 7 nitrogen and oxygen atoms in total. The van der Waals surface area contributed by atoms with Crippen LogP contribution in [0.5, 0.6) is 11.5 Å². The molecule has 0 aromatic heterocycles. The zero-order valence-corrected chi connectivity index (χ0v) is 9.58. The van der Waals surface area contributed by atoms with Crippen molar-refractivity contribution >= 4 is 11.7 Å². The summed E-state index contributed by atoms with van der Waals surface area (Å²) in [4.78, 5) is 21.4. The Morgan fingerprint density at radius 3 is 2.83 bits per heavy atom. The van der Waals surface area contributed by atoms with Crippen LogP contribution in [0.25, 0.3) is 0 Å². The quantitative estimate of drug-likeness (QED) is 0.649. The maximum atomic E-state index is 11.1. The fraction of sp³-hybridized carbons (Fsp3) is 0.364. The van der Waals surface area contributed by atoms with E-state index in [1.165, 1.54) is 12.1 Å². The van der Waals surface area contributed by atoms with Crippen LogP contribution in [-0.2, 0) is 4.79 Å². The molecule has 0 saturated carbocycles. The average molecular weight is 253 g/mol. The smallest absolute Gasteiger partial charge is 0.315 e. The van der Waals surface area contributed by atoms with E-state index in [-0.39, 0.29) is 24.0 Å². The van der Waals surface area contributed by atoms with Crippen molar-refractivity contribution in [1.29, 1.82) is 0 Å². The molecule has 1 unspecified atom stereocenters. The highest BCUT2D eigenvalue weighted by Crippen LogP contribution is 2.43. The van der Waals surface area contributed by atoms with E-state index in [1.54, 1.807) is 6.92 Å². The van der Waals surface area contributed by atoms with Crippen molar-refractivity contribution in [1.82, 2.24) is 0 Å². The van der Waals surface area contributed by atoms with Crippen LogP contribution in [0.15, 0.2) is 12.1 Å². The predicted octanol–water partition coefficient (Wildman–Crippen LogP) is 1.90. The minimum Gasteiger partial charge on any atom is -0.481 e. The van der Waals surface area contributed by atoms with Gasteiger partial charge in [-0.3, -0.25) is 14.9 Å². The Bertz CT molecular complexity index is 513. The first-order chi connectivity index (χ1) is 8.54. The summed E-state index contributed by atoms with van der Waals surface area (Å²) in [5, 5.41) is 20.0. The van der Waals surface area contributed by atoms with Crippen LogP contribution >= 0.6 is 0 Å². The molecule has 1 aliphatic heterocycles. The van der Waals surface area contributed by atoms with Crippen LogP contribution in [0.3, 0.4) is 0 Å². The fourth-order valence-corrected chi connectivity index (χ4v) is 1.90. The monoisotopic (exact) mass is 253 g/mol. The van der Waals surface area contributed by atoms with Gasteiger partial charge in [0, 0.05) is 6.07 Å². The molecule has 1 aliphatic rings. The van der Waals surface area contributed by atoms with Gasteiger partial charge in [-0.1, -0.05) is 6.92 Å². The molecule has 1 aromatic carbocycles. The Morgan fingerprint density at radius 2 is 2.28 bits per heavy atom. The molecule has 18 heavy (non-hydrogen) atoms. The van der Waals surface area contributed by atoms with Crippen LogP contribution in [0.1, 0.15) is 24.8 Å². The van der Waals surface area contributed by atoms with Gasteiger partial charge < -0.3 is 14.6 Å². The van der Waals surface area contributed by atoms with Crippen molar-refractivity contribution in [2.75, 3.05) is 6.79 Å². The molecule has 0 saturated heterocycles. The van der Waals surface area contributed by atoms with Gasteiger partial charge >= 0.3 is 11.7 Å². The van der Waals surface area contributed by atoms with Gasteiger partial charge in [0.2, 0.25) is 12.5 Å². The second kappa shape index (κ2) is 4.52. The SMILES string of the molecule is CCC(C(=O)O)c1cc2c(c([N+](=O)[O-])c1)OCO2. The number of carboxylic acid groups (broad SMARTS) is 1. The summed E-state index contributed by atoms with van der Waals surface area (Å²) in [6.07, 6.45) is 0.339. The predicted molar refractivity (Wildman–Crippen MR) is 59.9 cm³/mol. The maximum Gasteiger partial charge on any atom is 0.315 e. The molecule has 7 heteroatoms. The molecule has 1 N–H and O–H groups in total. The third-order valence-corrected chi connectivity index (χ3v) is 2.78. The molecule has 1 aromatic rings. The third-order valence-electron chi connectivity index (χ3n) is 2.78. The highest BCUT2D eigenvalue weighted by atomic mass is 16.7. The van der Waals surface area contributed by atoms with E-state index in [2.05, 4.69) is 0 Å². The Hall–Kier alpha value is -2.31. The molecule has 0 spiro atoms. The van der Waals surface area contributed by atoms with Gasteiger partial charge in [0.05, 0.1) is 10.8 Å². The number of nitro groups is 1. The van der Waals surface area contributed by atoms with E-state index < -0.39 is 16.8 Å². The van der Waals surface area contributed by atoms with Crippen molar-refractivity contribution in [3.63, 3.8) is 0 Å². The first kappa shape index (κ1) is 12.2. The zero-order chi connectivity index (χ0) is 13.3. The van der Waals surface area contributed by atoms with Crippen molar-refractivity contribution in [3.8, 4) is 11.5 Å². The molecule has 0 bridgehead atoms. The lowest BCUT2D eigenvalue weighted by Crippen LogP contribution is -2.10. The van der Waals surface area contributed by atoms with Crippen LogP contribution in [0, 0.1) is 10.1 Å². The molecule has 96 valence electrons. The van der Waals surface area contributed by atoms with Crippen molar-refractivity contribution in [2.24, 2.45) is 0 Å². The van der Waals surface area contributed by atoms with E-state index in [1.807, 2.05) is 0 Å². The van der Waals surface area contributed by atoms with Gasteiger partial charge in [-0.25, -0.2) is 0 Å². The molecule has 0 radical (unpaired) electrons. The first-order valence-electron chi connectivity index (χ1n) is 5.35. The molecule has 0 aliphatic carbocycles. The number of aliphatic carboxylic acids is 1. The average Bonchev–Trinajstić information content (AvgIpc) is 2.76. The Labute approximate surface area is 102 Å². The summed E-state index contributed by atoms with van der Waals surface area (Å²) >= 11 is 0. The van der Waals surface area contributed by atoms with Crippen LogP contribution in [-0.4, -0.2) is 22.8 Å². The topological polar surface area (TPSA) is 98.9 Å². The molecular weight excluding hydrogens is 242 g/mol. The van der Waals surface area contributed by atoms with E-state index in [4.69, 9.17) is 14.6 Å². The molecule has 1 heterocycles. The summed E-state index contributed by atoms with van der Waals surface area (Å²) in [7, 11) is 0. The molecule has 0 fully saturated rings. The number of ether oxygens (including phenoxy) is 2. The van der Waals surface area contributed by atoms with Gasteiger partial charge in [0.1, 0.15) is 0 Å². The lowest BCUT2D eigenvalue weighted by molar-refractivity contribution is -0.385. The second-order valence-corrected chi connectivity index (χ2v) is 3.83. The lowest BCUT2D eigenvalue weighted by atomic mass is 9.95. The van der Waals surface area contributed by atoms with Crippen LogP contribution in [0.2, 0.25) is 0 Å².